The van der Waals surface area contributed by atoms with E-state index in [9.17, 15) is 0 Å². The molecule has 2 aliphatic carbocycles. The van der Waals surface area contributed by atoms with Crippen LogP contribution in [0.15, 0.2) is 0 Å². The zero-order chi connectivity index (χ0) is 14.5. The molecule has 0 aromatic rings. The fourth-order valence-corrected chi connectivity index (χ4v) is 4.63. The predicted molar refractivity (Wildman–Crippen MR) is 88.9 cm³/mol. The SMILES string of the molecule is CC(C)C1CCCC(NC2CCCCC2C(C)C)CC1. The lowest BCUT2D eigenvalue weighted by atomic mass is 9.77. The molecule has 1 heteroatoms. The summed E-state index contributed by atoms with van der Waals surface area (Å²) in [6, 6.07) is 1.62. The first-order valence-corrected chi connectivity index (χ1v) is 9.34. The molecule has 0 heterocycles. The van der Waals surface area contributed by atoms with Crippen molar-refractivity contribution in [2.24, 2.45) is 23.7 Å². The molecular weight excluding hydrogens is 242 g/mol. The predicted octanol–water partition coefficient (Wildman–Crippen LogP) is 5.40. The largest absolute Gasteiger partial charge is 0.311 e. The Morgan fingerprint density at radius 3 is 2.15 bits per heavy atom. The maximum Gasteiger partial charge on any atom is 0.0100 e. The van der Waals surface area contributed by atoms with Crippen molar-refractivity contribution in [2.75, 3.05) is 0 Å². The van der Waals surface area contributed by atoms with E-state index in [4.69, 9.17) is 0 Å². The average Bonchev–Trinajstić information content (AvgIpc) is 2.65. The average molecular weight is 280 g/mol. The minimum absolute atomic E-state index is 0.808. The van der Waals surface area contributed by atoms with Crippen molar-refractivity contribution >= 4 is 0 Å². The first-order chi connectivity index (χ1) is 9.58. The standard InChI is InChI=1S/C19H37N/c1-14(2)16-8-7-9-17(13-12-16)20-19-11-6-5-10-18(19)15(3)4/h14-20H,5-13H2,1-4H3. The first-order valence-electron chi connectivity index (χ1n) is 9.34. The molecular formula is C19H37N. The highest BCUT2D eigenvalue weighted by molar-refractivity contribution is 4.87. The van der Waals surface area contributed by atoms with Crippen molar-refractivity contribution in [3.63, 3.8) is 0 Å². The van der Waals surface area contributed by atoms with E-state index >= 15 is 0 Å². The van der Waals surface area contributed by atoms with E-state index < -0.39 is 0 Å². The van der Waals surface area contributed by atoms with Gasteiger partial charge in [-0.25, -0.2) is 0 Å². The van der Waals surface area contributed by atoms with E-state index in [0.717, 1.165) is 35.8 Å². The highest BCUT2D eigenvalue weighted by Gasteiger charge is 2.30. The quantitative estimate of drug-likeness (QED) is 0.680. The van der Waals surface area contributed by atoms with E-state index in [2.05, 4.69) is 33.0 Å². The van der Waals surface area contributed by atoms with Crippen molar-refractivity contribution in [3.05, 3.63) is 0 Å². The fraction of sp³-hybridized carbons (Fsp3) is 1.00. The van der Waals surface area contributed by atoms with Gasteiger partial charge >= 0.3 is 0 Å². The number of hydrogen-bond acceptors (Lipinski definition) is 1. The molecule has 0 aromatic heterocycles. The normalized spacial score (nSPS) is 36.3. The zero-order valence-corrected chi connectivity index (χ0v) is 14.3. The molecule has 0 bridgehead atoms. The van der Waals surface area contributed by atoms with Gasteiger partial charge < -0.3 is 5.32 Å². The maximum absolute atomic E-state index is 4.09. The molecule has 1 N–H and O–H groups in total. The third-order valence-corrected chi connectivity index (χ3v) is 6.08. The second kappa shape index (κ2) is 7.82. The molecule has 2 saturated carbocycles. The fourth-order valence-electron chi connectivity index (χ4n) is 4.63. The van der Waals surface area contributed by atoms with Crippen LogP contribution in [-0.2, 0) is 0 Å². The van der Waals surface area contributed by atoms with Crippen LogP contribution in [0.3, 0.4) is 0 Å². The third kappa shape index (κ3) is 4.48. The molecule has 0 amide bonds. The Bertz CT molecular complexity index is 271. The molecule has 0 saturated heterocycles. The zero-order valence-electron chi connectivity index (χ0n) is 14.3. The van der Waals surface area contributed by atoms with Crippen LogP contribution in [-0.4, -0.2) is 12.1 Å². The second-order valence-electron chi connectivity index (χ2n) is 8.17. The molecule has 0 radical (unpaired) electrons. The van der Waals surface area contributed by atoms with Gasteiger partial charge in [0.05, 0.1) is 0 Å². The Balaban J connectivity index is 1.85. The number of hydrogen-bond donors (Lipinski definition) is 1. The van der Waals surface area contributed by atoms with E-state index in [1.807, 2.05) is 0 Å². The molecule has 0 aromatic carbocycles. The summed E-state index contributed by atoms with van der Waals surface area (Å²) in [7, 11) is 0. The van der Waals surface area contributed by atoms with Gasteiger partial charge in [-0.2, -0.15) is 0 Å². The Labute approximate surface area is 127 Å². The van der Waals surface area contributed by atoms with Crippen LogP contribution in [0, 0.1) is 23.7 Å². The minimum atomic E-state index is 0.808. The topological polar surface area (TPSA) is 12.0 Å². The van der Waals surface area contributed by atoms with Gasteiger partial charge in [0.1, 0.15) is 0 Å². The number of rotatable bonds is 4. The maximum atomic E-state index is 4.09. The van der Waals surface area contributed by atoms with Gasteiger partial charge in [0, 0.05) is 12.1 Å². The molecule has 4 atom stereocenters. The van der Waals surface area contributed by atoms with Crippen molar-refractivity contribution in [3.8, 4) is 0 Å². The van der Waals surface area contributed by atoms with Crippen LogP contribution < -0.4 is 5.32 Å². The smallest absolute Gasteiger partial charge is 0.0100 e. The van der Waals surface area contributed by atoms with Gasteiger partial charge in [0.15, 0.2) is 0 Å². The van der Waals surface area contributed by atoms with Crippen LogP contribution in [0.4, 0.5) is 0 Å². The summed E-state index contributed by atoms with van der Waals surface area (Å²) >= 11 is 0. The van der Waals surface area contributed by atoms with Crippen LogP contribution in [0.2, 0.25) is 0 Å². The van der Waals surface area contributed by atoms with Crippen molar-refractivity contribution in [1.82, 2.24) is 5.32 Å². The lowest BCUT2D eigenvalue weighted by molar-refractivity contribution is 0.186. The third-order valence-electron chi connectivity index (χ3n) is 6.08. The van der Waals surface area contributed by atoms with Crippen LogP contribution in [0.25, 0.3) is 0 Å². The summed E-state index contributed by atoms with van der Waals surface area (Å²) in [6.07, 6.45) is 13.0. The molecule has 4 unspecified atom stereocenters. The highest BCUT2D eigenvalue weighted by atomic mass is 15.0. The van der Waals surface area contributed by atoms with E-state index in [1.54, 1.807) is 0 Å². The van der Waals surface area contributed by atoms with Crippen molar-refractivity contribution < 1.29 is 0 Å². The molecule has 2 rings (SSSR count). The molecule has 0 aliphatic heterocycles. The Hall–Kier alpha value is -0.0400. The summed E-state index contributed by atoms with van der Waals surface area (Å²) in [5.41, 5.74) is 0. The number of nitrogens with one attached hydrogen (secondary N) is 1. The Morgan fingerprint density at radius 2 is 1.45 bits per heavy atom. The molecule has 2 aliphatic rings. The van der Waals surface area contributed by atoms with Crippen molar-refractivity contribution in [2.45, 2.75) is 97.6 Å². The van der Waals surface area contributed by atoms with E-state index in [-0.39, 0.29) is 0 Å². The lowest BCUT2D eigenvalue weighted by Crippen LogP contribution is -2.45. The van der Waals surface area contributed by atoms with E-state index in [1.165, 1.54) is 57.8 Å². The summed E-state index contributed by atoms with van der Waals surface area (Å²) < 4.78 is 0. The van der Waals surface area contributed by atoms with Gasteiger partial charge in [0.2, 0.25) is 0 Å². The molecule has 118 valence electrons. The van der Waals surface area contributed by atoms with Gasteiger partial charge in [-0.15, -0.1) is 0 Å². The van der Waals surface area contributed by atoms with Crippen molar-refractivity contribution in [1.29, 1.82) is 0 Å². The molecule has 20 heavy (non-hydrogen) atoms. The summed E-state index contributed by atoms with van der Waals surface area (Å²) in [5, 5.41) is 4.09. The van der Waals surface area contributed by atoms with E-state index in [0.29, 0.717) is 0 Å². The van der Waals surface area contributed by atoms with Gasteiger partial charge in [-0.3, -0.25) is 0 Å². The Kier molecular flexibility index (Phi) is 6.39. The summed E-state index contributed by atoms with van der Waals surface area (Å²) in [6.45, 7) is 9.67. The monoisotopic (exact) mass is 279 g/mol. The first kappa shape index (κ1) is 16.3. The molecule has 1 nitrogen and oxygen atoms in total. The van der Waals surface area contributed by atoms with Crippen LogP contribution >= 0.6 is 0 Å². The molecule has 2 fully saturated rings. The van der Waals surface area contributed by atoms with Crippen LogP contribution in [0.1, 0.15) is 85.5 Å². The van der Waals surface area contributed by atoms with Gasteiger partial charge in [0.25, 0.3) is 0 Å². The Morgan fingerprint density at radius 1 is 0.700 bits per heavy atom. The highest BCUT2D eigenvalue weighted by Crippen LogP contribution is 2.33. The second-order valence-corrected chi connectivity index (χ2v) is 8.17. The summed E-state index contributed by atoms with van der Waals surface area (Å²) in [5.74, 6) is 3.63. The van der Waals surface area contributed by atoms with Gasteiger partial charge in [-0.1, -0.05) is 53.4 Å². The van der Waals surface area contributed by atoms with Crippen LogP contribution in [0.5, 0.6) is 0 Å². The summed E-state index contributed by atoms with van der Waals surface area (Å²) in [4.78, 5) is 0. The minimum Gasteiger partial charge on any atom is -0.311 e. The lowest BCUT2D eigenvalue weighted by Gasteiger charge is -2.37. The van der Waals surface area contributed by atoms with Gasteiger partial charge in [-0.05, 0) is 55.8 Å². The molecule has 0 spiro atoms.